The molecule has 0 saturated carbocycles. The number of alkyl halides is 3. The topological polar surface area (TPSA) is 59.8 Å². The predicted molar refractivity (Wildman–Crippen MR) is 95.9 cm³/mol. The zero-order valence-corrected chi connectivity index (χ0v) is 15.7. The van der Waals surface area contributed by atoms with E-state index in [0.717, 1.165) is 6.07 Å². The third kappa shape index (κ3) is 4.45. The first kappa shape index (κ1) is 20.2. The molecule has 0 saturated heterocycles. The molecule has 0 radical (unpaired) electrons. The Kier molecular flexibility index (Phi) is 5.61. The van der Waals surface area contributed by atoms with Gasteiger partial charge in [-0.25, -0.2) is 4.39 Å². The van der Waals surface area contributed by atoms with Crippen LogP contribution in [0.15, 0.2) is 52.8 Å². The van der Waals surface area contributed by atoms with Crippen LogP contribution in [0, 0.1) is 5.82 Å². The molecule has 0 aliphatic rings. The zero-order valence-electron chi connectivity index (χ0n) is 14.1. The number of anilines is 1. The standard InChI is InChI=1S/C17H11ClF4N4OS/c1-26-8-23-25-16(26)28-14-5-3-10(7-12(14)18)24-15(27)9-2-4-13(19)11(6-9)17(20,21)22/h2-8H,1H3,(H,24,27). The van der Waals surface area contributed by atoms with Crippen molar-refractivity contribution in [1.82, 2.24) is 14.8 Å². The van der Waals surface area contributed by atoms with E-state index in [1.54, 1.807) is 17.7 Å². The number of amides is 1. The van der Waals surface area contributed by atoms with Crippen LogP contribution in [-0.4, -0.2) is 20.7 Å². The summed E-state index contributed by atoms with van der Waals surface area (Å²) in [6.45, 7) is 0. The summed E-state index contributed by atoms with van der Waals surface area (Å²) in [6.07, 6.45) is -3.37. The maximum absolute atomic E-state index is 13.4. The maximum atomic E-state index is 13.4. The van der Waals surface area contributed by atoms with Crippen LogP contribution in [-0.2, 0) is 13.2 Å². The molecule has 146 valence electrons. The molecule has 0 bridgehead atoms. The lowest BCUT2D eigenvalue weighted by Crippen LogP contribution is -2.15. The minimum atomic E-state index is -4.90. The molecule has 3 aromatic rings. The third-order valence-corrected chi connectivity index (χ3v) is 5.15. The number of nitrogens with zero attached hydrogens (tertiary/aromatic N) is 3. The molecule has 0 aliphatic carbocycles. The molecule has 0 atom stereocenters. The van der Waals surface area contributed by atoms with Gasteiger partial charge in [0.05, 0.1) is 10.6 Å². The summed E-state index contributed by atoms with van der Waals surface area (Å²) in [5, 5.41) is 11.0. The molecule has 1 amide bonds. The van der Waals surface area contributed by atoms with Gasteiger partial charge in [-0.2, -0.15) is 13.2 Å². The van der Waals surface area contributed by atoms with Gasteiger partial charge in [0.2, 0.25) is 0 Å². The average Bonchev–Trinajstić information content (AvgIpc) is 3.01. The number of carbonyl (C=O) groups excluding carboxylic acids is 1. The first-order valence-corrected chi connectivity index (χ1v) is 8.84. The van der Waals surface area contributed by atoms with Gasteiger partial charge in [0.1, 0.15) is 12.1 Å². The fourth-order valence-corrected chi connectivity index (χ4v) is 3.28. The van der Waals surface area contributed by atoms with Crippen LogP contribution in [0.1, 0.15) is 15.9 Å². The SMILES string of the molecule is Cn1cnnc1Sc1ccc(NC(=O)c2ccc(F)c(C(F)(F)F)c2)cc1Cl. The van der Waals surface area contributed by atoms with Gasteiger partial charge in [-0.15, -0.1) is 10.2 Å². The molecule has 1 aromatic heterocycles. The number of aromatic nitrogens is 3. The number of nitrogens with one attached hydrogen (secondary N) is 1. The smallest absolute Gasteiger partial charge is 0.322 e. The van der Waals surface area contributed by atoms with Crippen LogP contribution in [0.5, 0.6) is 0 Å². The lowest BCUT2D eigenvalue weighted by Gasteiger charge is -2.11. The van der Waals surface area contributed by atoms with Crippen molar-refractivity contribution in [1.29, 1.82) is 0 Å². The molecule has 11 heteroatoms. The van der Waals surface area contributed by atoms with Crippen LogP contribution in [0.4, 0.5) is 23.2 Å². The first-order valence-electron chi connectivity index (χ1n) is 7.64. The molecular formula is C17H11ClF4N4OS. The number of carbonyl (C=O) groups is 1. The number of hydrogen-bond donors (Lipinski definition) is 1. The Hall–Kier alpha value is -2.59. The highest BCUT2D eigenvalue weighted by Gasteiger charge is 2.34. The molecular weight excluding hydrogens is 420 g/mol. The van der Waals surface area contributed by atoms with Crippen LogP contribution < -0.4 is 5.32 Å². The van der Waals surface area contributed by atoms with E-state index in [9.17, 15) is 22.4 Å². The monoisotopic (exact) mass is 430 g/mol. The summed E-state index contributed by atoms with van der Waals surface area (Å²) < 4.78 is 53.4. The summed E-state index contributed by atoms with van der Waals surface area (Å²) >= 11 is 7.46. The number of hydrogen-bond acceptors (Lipinski definition) is 4. The molecule has 2 aromatic carbocycles. The Bertz CT molecular complexity index is 1040. The molecule has 5 nitrogen and oxygen atoms in total. The predicted octanol–water partition coefficient (Wildman–Crippen LogP) is 5.03. The van der Waals surface area contributed by atoms with Crippen LogP contribution in [0.3, 0.4) is 0 Å². The highest BCUT2D eigenvalue weighted by Crippen LogP contribution is 2.34. The van der Waals surface area contributed by atoms with Crippen molar-refractivity contribution in [3.63, 3.8) is 0 Å². The zero-order chi connectivity index (χ0) is 20.5. The maximum Gasteiger partial charge on any atom is 0.419 e. The largest absolute Gasteiger partial charge is 0.419 e. The van der Waals surface area contributed by atoms with Gasteiger partial charge in [-0.3, -0.25) is 4.79 Å². The third-order valence-electron chi connectivity index (χ3n) is 3.59. The van der Waals surface area contributed by atoms with Gasteiger partial charge in [0, 0.05) is 23.2 Å². The average molecular weight is 431 g/mol. The molecule has 0 unspecified atom stereocenters. The minimum Gasteiger partial charge on any atom is -0.322 e. The molecule has 1 N–H and O–H groups in total. The van der Waals surface area contributed by atoms with E-state index in [1.807, 2.05) is 0 Å². The summed E-state index contributed by atoms with van der Waals surface area (Å²) in [5.74, 6) is -2.27. The van der Waals surface area contributed by atoms with Crippen LogP contribution >= 0.6 is 23.4 Å². The second kappa shape index (κ2) is 7.80. The lowest BCUT2D eigenvalue weighted by molar-refractivity contribution is -0.140. The van der Waals surface area contributed by atoms with E-state index in [1.165, 1.54) is 30.2 Å². The van der Waals surface area contributed by atoms with Crippen molar-refractivity contribution < 1.29 is 22.4 Å². The normalized spacial score (nSPS) is 11.5. The van der Waals surface area contributed by atoms with Gasteiger partial charge in [-0.05, 0) is 48.2 Å². The Morgan fingerprint density at radius 2 is 1.96 bits per heavy atom. The van der Waals surface area contributed by atoms with E-state index in [4.69, 9.17) is 11.6 Å². The van der Waals surface area contributed by atoms with Crippen molar-refractivity contribution in [3.8, 4) is 0 Å². The van der Waals surface area contributed by atoms with E-state index < -0.39 is 23.5 Å². The van der Waals surface area contributed by atoms with Crippen molar-refractivity contribution >= 4 is 35.0 Å². The second-order valence-corrected chi connectivity index (χ2v) is 7.03. The Balaban J connectivity index is 1.78. The Morgan fingerprint density at radius 3 is 2.57 bits per heavy atom. The van der Waals surface area contributed by atoms with Crippen molar-refractivity contribution in [2.45, 2.75) is 16.2 Å². The fraction of sp³-hybridized carbons (Fsp3) is 0.118. The second-order valence-electron chi connectivity index (χ2n) is 5.62. The van der Waals surface area contributed by atoms with Gasteiger partial charge in [0.25, 0.3) is 5.91 Å². The van der Waals surface area contributed by atoms with E-state index in [0.29, 0.717) is 27.2 Å². The van der Waals surface area contributed by atoms with Gasteiger partial charge < -0.3 is 9.88 Å². The quantitative estimate of drug-likeness (QED) is 0.590. The Labute approximate surface area is 165 Å². The molecule has 0 spiro atoms. The summed E-state index contributed by atoms with van der Waals surface area (Å²) in [6, 6.07) is 6.65. The highest BCUT2D eigenvalue weighted by molar-refractivity contribution is 7.99. The number of rotatable bonds is 4. The van der Waals surface area contributed by atoms with Crippen molar-refractivity contribution in [3.05, 3.63) is 64.7 Å². The molecule has 28 heavy (non-hydrogen) atoms. The molecule has 1 heterocycles. The van der Waals surface area contributed by atoms with Gasteiger partial charge in [-0.1, -0.05) is 11.6 Å². The highest BCUT2D eigenvalue weighted by atomic mass is 35.5. The molecule has 0 aliphatic heterocycles. The van der Waals surface area contributed by atoms with Gasteiger partial charge in [0.15, 0.2) is 5.16 Å². The van der Waals surface area contributed by atoms with E-state index in [-0.39, 0.29) is 11.3 Å². The summed E-state index contributed by atoms with van der Waals surface area (Å²) in [4.78, 5) is 12.9. The molecule has 0 fully saturated rings. The number of halogens is 5. The minimum absolute atomic E-state index is 0.273. The van der Waals surface area contributed by atoms with Crippen LogP contribution in [0.2, 0.25) is 5.02 Å². The van der Waals surface area contributed by atoms with Gasteiger partial charge >= 0.3 is 6.18 Å². The summed E-state index contributed by atoms with van der Waals surface area (Å²) in [5.41, 5.74) is -1.56. The van der Waals surface area contributed by atoms with Crippen molar-refractivity contribution in [2.75, 3.05) is 5.32 Å². The molecule has 3 rings (SSSR count). The Morgan fingerprint density at radius 1 is 1.21 bits per heavy atom. The van der Waals surface area contributed by atoms with Crippen LogP contribution in [0.25, 0.3) is 0 Å². The lowest BCUT2D eigenvalue weighted by atomic mass is 10.1. The number of benzene rings is 2. The van der Waals surface area contributed by atoms with Crippen molar-refractivity contribution in [2.24, 2.45) is 7.05 Å². The van der Waals surface area contributed by atoms with E-state index in [2.05, 4.69) is 15.5 Å². The number of aryl methyl sites for hydroxylation is 1. The fourth-order valence-electron chi connectivity index (χ4n) is 2.21. The summed E-state index contributed by atoms with van der Waals surface area (Å²) in [7, 11) is 1.77. The first-order chi connectivity index (χ1) is 13.1. The van der Waals surface area contributed by atoms with E-state index >= 15 is 0 Å².